The third kappa shape index (κ3) is 2.76. The fourth-order valence-electron chi connectivity index (χ4n) is 2.45. The Labute approximate surface area is 130 Å². The average molecular weight is 311 g/mol. The lowest BCUT2D eigenvalue weighted by Gasteiger charge is -2.12. The summed E-state index contributed by atoms with van der Waals surface area (Å²) in [5.74, 6) is -1.15. The van der Waals surface area contributed by atoms with Crippen molar-refractivity contribution in [1.29, 1.82) is 0 Å². The van der Waals surface area contributed by atoms with Gasteiger partial charge in [0.15, 0.2) is 0 Å². The van der Waals surface area contributed by atoms with E-state index in [2.05, 4.69) is 4.98 Å². The van der Waals surface area contributed by atoms with E-state index in [1.807, 2.05) is 0 Å². The van der Waals surface area contributed by atoms with Crippen LogP contribution in [0.4, 0.5) is 0 Å². The zero-order chi connectivity index (χ0) is 16.4. The van der Waals surface area contributed by atoms with Gasteiger partial charge in [0.1, 0.15) is 6.54 Å². The molecule has 23 heavy (non-hydrogen) atoms. The molecule has 7 nitrogen and oxygen atoms in total. The van der Waals surface area contributed by atoms with Gasteiger partial charge in [-0.3, -0.25) is 23.7 Å². The van der Waals surface area contributed by atoms with Gasteiger partial charge in [-0.25, -0.2) is 4.79 Å². The standard InChI is InChI=1S/C16H13N3O4/c20-14(21)10-18-13-7-2-1-6-12(13)15(22)19(16(18)23)9-11-5-3-4-8-17-11/h1-8H,9-10H2,(H,20,21). The molecule has 0 aliphatic rings. The number of pyridine rings is 1. The van der Waals surface area contributed by atoms with Crippen molar-refractivity contribution in [1.82, 2.24) is 14.1 Å². The maximum absolute atomic E-state index is 12.6. The highest BCUT2D eigenvalue weighted by Crippen LogP contribution is 2.08. The van der Waals surface area contributed by atoms with E-state index in [-0.39, 0.29) is 6.54 Å². The quantitative estimate of drug-likeness (QED) is 0.765. The number of carbonyl (C=O) groups is 1. The van der Waals surface area contributed by atoms with Crippen LogP contribution in [0.15, 0.2) is 58.3 Å². The number of hydrogen-bond donors (Lipinski definition) is 1. The second-order valence-corrected chi connectivity index (χ2v) is 4.99. The van der Waals surface area contributed by atoms with E-state index in [4.69, 9.17) is 5.11 Å². The molecule has 1 aromatic carbocycles. The molecule has 0 atom stereocenters. The highest BCUT2D eigenvalue weighted by Gasteiger charge is 2.15. The summed E-state index contributed by atoms with van der Waals surface area (Å²) in [6.07, 6.45) is 1.57. The maximum Gasteiger partial charge on any atom is 0.332 e. The molecule has 2 heterocycles. The topological polar surface area (TPSA) is 94.2 Å². The van der Waals surface area contributed by atoms with E-state index < -0.39 is 23.8 Å². The lowest BCUT2D eigenvalue weighted by molar-refractivity contribution is -0.137. The second-order valence-electron chi connectivity index (χ2n) is 4.99. The molecule has 0 amide bonds. The molecule has 0 saturated heterocycles. The van der Waals surface area contributed by atoms with E-state index >= 15 is 0 Å². The van der Waals surface area contributed by atoms with E-state index in [1.165, 1.54) is 0 Å². The molecule has 3 aromatic rings. The van der Waals surface area contributed by atoms with Crippen LogP contribution in [0.2, 0.25) is 0 Å². The van der Waals surface area contributed by atoms with Gasteiger partial charge < -0.3 is 5.11 Å². The van der Waals surface area contributed by atoms with Crippen LogP contribution in [-0.2, 0) is 17.9 Å². The number of hydrogen-bond acceptors (Lipinski definition) is 4. The van der Waals surface area contributed by atoms with Crippen molar-refractivity contribution in [3.63, 3.8) is 0 Å². The number of fused-ring (bicyclic) bond motifs is 1. The molecule has 0 spiro atoms. The largest absolute Gasteiger partial charge is 0.480 e. The minimum atomic E-state index is -1.15. The first kappa shape index (κ1) is 14.7. The Morgan fingerprint density at radius 1 is 1.04 bits per heavy atom. The van der Waals surface area contributed by atoms with E-state index in [9.17, 15) is 14.4 Å². The molecular formula is C16H13N3O4. The summed E-state index contributed by atoms with van der Waals surface area (Å²) in [7, 11) is 0. The molecule has 2 aromatic heterocycles. The molecular weight excluding hydrogens is 298 g/mol. The van der Waals surface area contributed by atoms with Crippen LogP contribution in [0.3, 0.4) is 0 Å². The summed E-state index contributed by atoms with van der Waals surface area (Å²) < 4.78 is 2.09. The van der Waals surface area contributed by atoms with Crippen LogP contribution in [0.5, 0.6) is 0 Å². The van der Waals surface area contributed by atoms with Crippen molar-refractivity contribution in [2.24, 2.45) is 0 Å². The van der Waals surface area contributed by atoms with Gasteiger partial charge in [-0.05, 0) is 24.3 Å². The Morgan fingerprint density at radius 3 is 2.48 bits per heavy atom. The highest BCUT2D eigenvalue weighted by molar-refractivity contribution is 5.79. The molecule has 7 heteroatoms. The first-order valence-electron chi connectivity index (χ1n) is 6.92. The minimum absolute atomic E-state index is 0.0110. The van der Waals surface area contributed by atoms with Crippen LogP contribution in [-0.4, -0.2) is 25.2 Å². The molecule has 1 N–H and O–H groups in total. The molecule has 116 valence electrons. The highest BCUT2D eigenvalue weighted by atomic mass is 16.4. The predicted molar refractivity (Wildman–Crippen MR) is 83.4 cm³/mol. The number of aliphatic carboxylic acids is 1. The molecule has 0 fully saturated rings. The van der Waals surface area contributed by atoms with Crippen molar-refractivity contribution in [2.75, 3.05) is 0 Å². The van der Waals surface area contributed by atoms with Crippen molar-refractivity contribution >= 4 is 16.9 Å². The third-order valence-corrected chi connectivity index (χ3v) is 3.47. The number of rotatable bonds is 4. The van der Waals surface area contributed by atoms with Crippen molar-refractivity contribution in [3.05, 3.63) is 75.2 Å². The second kappa shape index (κ2) is 5.88. The number of benzene rings is 1. The fourth-order valence-corrected chi connectivity index (χ4v) is 2.45. The smallest absolute Gasteiger partial charge is 0.332 e. The van der Waals surface area contributed by atoms with E-state index in [1.54, 1.807) is 48.7 Å². The van der Waals surface area contributed by atoms with Gasteiger partial charge >= 0.3 is 11.7 Å². The van der Waals surface area contributed by atoms with E-state index in [0.717, 1.165) is 9.13 Å². The Hall–Kier alpha value is -3.22. The molecule has 0 aliphatic heterocycles. The minimum Gasteiger partial charge on any atom is -0.480 e. The summed E-state index contributed by atoms with van der Waals surface area (Å²) in [6, 6.07) is 11.6. The summed E-state index contributed by atoms with van der Waals surface area (Å²) in [4.78, 5) is 40.3. The normalized spacial score (nSPS) is 10.8. The fraction of sp³-hybridized carbons (Fsp3) is 0.125. The zero-order valence-corrected chi connectivity index (χ0v) is 12.0. The Kier molecular flexibility index (Phi) is 3.76. The number of carboxylic acid groups (broad SMARTS) is 1. The van der Waals surface area contributed by atoms with Gasteiger partial charge in [0.25, 0.3) is 5.56 Å². The van der Waals surface area contributed by atoms with Crippen LogP contribution < -0.4 is 11.2 Å². The predicted octanol–water partition coefficient (Wildman–Crippen LogP) is 0.691. The number of para-hydroxylation sites is 1. The summed E-state index contributed by atoms with van der Waals surface area (Å²) >= 11 is 0. The van der Waals surface area contributed by atoms with Gasteiger partial charge in [-0.15, -0.1) is 0 Å². The number of aromatic nitrogens is 3. The maximum atomic E-state index is 12.6. The van der Waals surface area contributed by atoms with Crippen molar-refractivity contribution in [2.45, 2.75) is 13.1 Å². The zero-order valence-electron chi connectivity index (χ0n) is 12.0. The molecule has 0 saturated carbocycles. The van der Waals surface area contributed by atoms with Crippen LogP contribution >= 0.6 is 0 Å². The van der Waals surface area contributed by atoms with Gasteiger partial charge in [0, 0.05) is 6.20 Å². The van der Waals surface area contributed by atoms with Crippen LogP contribution in [0, 0.1) is 0 Å². The molecule has 0 radical (unpaired) electrons. The van der Waals surface area contributed by atoms with Crippen LogP contribution in [0.1, 0.15) is 5.69 Å². The lowest BCUT2D eigenvalue weighted by Crippen LogP contribution is -2.41. The van der Waals surface area contributed by atoms with Gasteiger partial charge in [-0.1, -0.05) is 18.2 Å². The van der Waals surface area contributed by atoms with Gasteiger partial charge in [0.2, 0.25) is 0 Å². The van der Waals surface area contributed by atoms with Crippen molar-refractivity contribution in [3.8, 4) is 0 Å². The molecule has 0 bridgehead atoms. The molecule has 0 unspecified atom stereocenters. The monoisotopic (exact) mass is 311 g/mol. The Balaban J connectivity index is 2.27. The van der Waals surface area contributed by atoms with Gasteiger partial charge in [-0.2, -0.15) is 0 Å². The summed E-state index contributed by atoms with van der Waals surface area (Å²) in [5, 5.41) is 9.34. The average Bonchev–Trinajstić information content (AvgIpc) is 2.56. The van der Waals surface area contributed by atoms with E-state index in [0.29, 0.717) is 16.6 Å². The van der Waals surface area contributed by atoms with Crippen molar-refractivity contribution < 1.29 is 9.90 Å². The SMILES string of the molecule is O=C(O)Cn1c(=O)n(Cc2ccccn2)c(=O)c2ccccc21. The van der Waals surface area contributed by atoms with Crippen LogP contribution in [0.25, 0.3) is 10.9 Å². The Morgan fingerprint density at radius 2 is 1.78 bits per heavy atom. The molecule has 0 aliphatic carbocycles. The first-order valence-corrected chi connectivity index (χ1v) is 6.92. The molecule has 3 rings (SSSR count). The lowest BCUT2D eigenvalue weighted by atomic mass is 10.2. The summed E-state index contributed by atoms with van der Waals surface area (Å²) in [6.45, 7) is -0.523. The Bertz CT molecular complexity index is 990. The number of carboxylic acids is 1. The number of nitrogens with zero attached hydrogens (tertiary/aromatic N) is 3. The first-order chi connectivity index (χ1) is 11.1. The van der Waals surface area contributed by atoms with Gasteiger partial charge in [0.05, 0.1) is 23.1 Å². The third-order valence-electron chi connectivity index (χ3n) is 3.47. The summed E-state index contributed by atoms with van der Waals surface area (Å²) in [5.41, 5.74) is -0.273.